The molecule has 1 saturated heterocycles. The summed E-state index contributed by atoms with van der Waals surface area (Å²) < 4.78 is 22.5. The highest BCUT2D eigenvalue weighted by molar-refractivity contribution is 5.89. The number of phenols is 5. The Morgan fingerprint density at radius 2 is 1.56 bits per heavy atom. The summed E-state index contributed by atoms with van der Waals surface area (Å²) in [5.74, 6) is -2.60. The topological polar surface area (TPSA) is 218 Å². The average Bonchev–Trinajstić information content (AvgIpc) is 2.98. The van der Waals surface area contributed by atoms with E-state index in [2.05, 4.69) is 0 Å². The molecule has 3 aromatic carbocycles. The SMILES string of the molecule is O=C(C=Cc1ccc(O)cc1)OCC1O[C@@H](Oc2cc3c(O)cc(O)cc3[o+]c2-c2ccc(O)c(O)c2)C(O)C(O)[C@@H]1O. The summed E-state index contributed by atoms with van der Waals surface area (Å²) in [6.07, 6.45) is -5.73. The Bertz CT molecular complexity index is 1670. The summed E-state index contributed by atoms with van der Waals surface area (Å²) in [7, 11) is 0. The van der Waals surface area contributed by atoms with Gasteiger partial charge in [-0.25, -0.2) is 9.21 Å². The Kier molecular flexibility index (Phi) is 8.23. The molecule has 5 atom stereocenters. The number of rotatable bonds is 7. The van der Waals surface area contributed by atoms with E-state index in [1.54, 1.807) is 12.1 Å². The highest BCUT2D eigenvalue weighted by atomic mass is 16.7. The Hall–Kier alpha value is -5.08. The molecule has 3 unspecified atom stereocenters. The number of hydrogen-bond acceptors (Lipinski definition) is 12. The van der Waals surface area contributed by atoms with Crippen LogP contribution in [-0.4, -0.2) is 84.1 Å². The van der Waals surface area contributed by atoms with Gasteiger partial charge in [0.15, 0.2) is 11.5 Å². The second-order valence-corrected chi connectivity index (χ2v) is 9.71. The van der Waals surface area contributed by atoms with Crippen LogP contribution < -0.4 is 4.74 Å². The molecule has 1 aromatic heterocycles. The number of fused-ring (bicyclic) bond motifs is 1. The van der Waals surface area contributed by atoms with Crippen LogP contribution in [0.2, 0.25) is 0 Å². The number of carbonyl (C=O) groups excluding carboxylic acids is 1. The Morgan fingerprint density at radius 3 is 2.28 bits per heavy atom. The molecular formula is C30H27O13+. The van der Waals surface area contributed by atoms with Gasteiger partial charge in [0.1, 0.15) is 53.7 Å². The van der Waals surface area contributed by atoms with Crippen LogP contribution in [0.5, 0.6) is 34.5 Å². The third-order valence-corrected chi connectivity index (χ3v) is 6.66. The number of aromatic hydroxyl groups is 5. The number of aliphatic hydroxyl groups is 3. The average molecular weight is 596 g/mol. The third-order valence-electron chi connectivity index (χ3n) is 6.66. The summed E-state index contributed by atoms with van der Waals surface area (Å²) in [6, 6.07) is 13.3. The first-order chi connectivity index (χ1) is 20.5. The summed E-state index contributed by atoms with van der Waals surface area (Å²) in [4.78, 5) is 12.3. The first-order valence-corrected chi connectivity index (χ1v) is 12.9. The minimum atomic E-state index is -1.80. The minimum absolute atomic E-state index is 0.0122. The van der Waals surface area contributed by atoms with E-state index < -0.39 is 54.8 Å². The molecule has 5 rings (SSSR count). The van der Waals surface area contributed by atoms with Crippen molar-refractivity contribution in [2.45, 2.75) is 30.7 Å². The molecule has 4 aromatic rings. The van der Waals surface area contributed by atoms with E-state index in [-0.39, 0.29) is 45.3 Å². The van der Waals surface area contributed by atoms with Gasteiger partial charge in [-0.3, -0.25) is 0 Å². The number of hydrogen-bond donors (Lipinski definition) is 8. The lowest BCUT2D eigenvalue weighted by Crippen LogP contribution is -2.60. The van der Waals surface area contributed by atoms with Crippen LogP contribution in [0.15, 0.2) is 71.2 Å². The summed E-state index contributed by atoms with van der Waals surface area (Å²) in [5.41, 5.74) is 0.792. The van der Waals surface area contributed by atoms with E-state index >= 15 is 0 Å². The Morgan fingerprint density at radius 1 is 0.814 bits per heavy atom. The van der Waals surface area contributed by atoms with Crippen LogP contribution in [0.25, 0.3) is 28.4 Å². The smallest absolute Gasteiger partial charge is 0.402 e. The monoisotopic (exact) mass is 595 g/mol. The molecule has 0 radical (unpaired) electrons. The molecule has 2 heterocycles. The second-order valence-electron chi connectivity index (χ2n) is 9.71. The van der Waals surface area contributed by atoms with Gasteiger partial charge in [-0.1, -0.05) is 12.1 Å². The van der Waals surface area contributed by atoms with Gasteiger partial charge < -0.3 is 55.1 Å². The van der Waals surface area contributed by atoms with Crippen LogP contribution in [-0.2, 0) is 14.3 Å². The normalized spacial score (nSPS) is 22.1. The highest BCUT2D eigenvalue weighted by Gasteiger charge is 2.46. The van der Waals surface area contributed by atoms with Crippen molar-refractivity contribution in [1.82, 2.24) is 0 Å². The highest BCUT2D eigenvalue weighted by Crippen LogP contribution is 2.42. The van der Waals surface area contributed by atoms with Crippen LogP contribution in [0.4, 0.5) is 0 Å². The van der Waals surface area contributed by atoms with E-state index in [1.807, 2.05) is 0 Å². The van der Waals surface area contributed by atoms with Gasteiger partial charge in [0.05, 0.1) is 11.6 Å². The van der Waals surface area contributed by atoms with E-state index in [1.165, 1.54) is 42.5 Å². The van der Waals surface area contributed by atoms with Gasteiger partial charge >= 0.3 is 17.3 Å². The van der Waals surface area contributed by atoms with Crippen molar-refractivity contribution >= 4 is 23.0 Å². The maximum atomic E-state index is 12.3. The molecule has 0 bridgehead atoms. The van der Waals surface area contributed by atoms with Gasteiger partial charge in [0, 0.05) is 24.3 Å². The molecule has 1 aliphatic heterocycles. The van der Waals surface area contributed by atoms with Crippen molar-refractivity contribution in [2.75, 3.05) is 6.61 Å². The maximum Gasteiger partial charge on any atom is 0.402 e. The van der Waals surface area contributed by atoms with Gasteiger partial charge in [-0.05, 0) is 35.9 Å². The molecule has 1 fully saturated rings. The largest absolute Gasteiger partial charge is 0.508 e. The number of phenolic OH excluding ortho intramolecular Hbond substituents is 5. The lowest BCUT2D eigenvalue weighted by molar-refractivity contribution is -0.278. The van der Waals surface area contributed by atoms with Gasteiger partial charge in [-0.2, -0.15) is 0 Å². The zero-order valence-electron chi connectivity index (χ0n) is 22.1. The van der Waals surface area contributed by atoms with Crippen LogP contribution in [0.1, 0.15) is 5.56 Å². The van der Waals surface area contributed by atoms with Crippen LogP contribution in [0, 0.1) is 0 Å². The summed E-state index contributed by atoms with van der Waals surface area (Å²) >= 11 is 0. The quantitative estimate of drug-likeness (QED) is 0.0667. The van der Waals surface area contributed by atoms with Gasteiger partial charge in [-0.15, -0.1) is 0 Å². The Labute approximate surface area is 242 Å². The predicted octanol–water partition coefficient (Wildman–Crippen LogP) is 2.35. The third kappa shape index (κ3) is 6.39. The minimum Gasteiger partial charge on any atom is -0.508 e. The number of ether oxygens (including phenoxy) is 3. The number of esters is 1. The van der Waals surface area contributed by atoms with Gasteiger partial charge in [0.25, 0.3) is 0 Å². The van der Waals surface area contributed by atoms with E-state index in [0.717, 1.165) is 18.2 Å². The molecule has 8 N–H and O–H groups in total. The number of aliphatic hydroxyl groups excluding tert-OH is 3. The van der Waals surface area contributed by atoms with Crippen molar-refractivity contribution < 1.29 is 64.3 Å². The molecule has 0 aliphatic carbocycles. The predicted molar refractivity (Wildman–Crippen MR) is 148 cm³/mol. The molecule has 13 heteroatoms. The van der Waals surface area contributed by atoms with Crippen molar-refractivity contribution in [3.63, 3.8) is 0 Å². The molecule has 0 amide bonds. The van der Waals surface area contributed by atoms with E-state index in [4.69, 9.17) is 18.6 Å². The fourth-order valence-electron chi connectivity index (χ4n) is 4.38. The summed E-state index contributed by atoms with van der Waals surface area (Å²) in [6.45, 7) is -0.537. The molecule has 1 aliphatic rings. The number of carbonyl (C=O) groups is 1. The Balaban J connectivity index is 1.39. The van der Waals surface area contributed by atoms with Crippen molar-refractivity contribution in [3.8, 4) is 45.8 Å². The first-order valence-electron chi connectivity index (χ1n) is 12.9. The zero-order chi connectivity index (χ0) is 30.8. The lowest BCUT2D eigenvalue weighted by Gasteiger charge is -2.39. The van der Waals surface area contributed by atoms with Crippen LogP contribution >= 0.6 is 0 Å². The standard InChI is InChI=1S/C30H26O13/c31-16-5-1-14(2-6-16)3-8-25(36)40-13-24-26(37)27(38)28(39)30(43-24)42-23-12-18-20(34)10-17(32)11-22(18)41-29(23)15-4-7-19(33)21(35)9-15/h1-12,24,26-28,30,37-39H,13H2,(H4-,31,32,33,34,35,36)/p+1/t24?,26-,27?,28?,30-/m1/s1. The second kappa shape index (κ2) is 12.0. The van der Waals surface area contributed by atoms with Crippen molar-refractivity contribution in [2.24, 2.45) is 0 Å². The molecule has 13 nitrogen and oxygen atoms in total. The van der Waals surface area contributed by atoms with E-state index in [9.17, 15) is 45.6 Å². The maximum absolute atomic E-state index is 12.3. The van der Waals surface area contributed by atoms with Crippen LogP contribution in [0.3, 0.4) is 0 Å². The fourth-order valence-corrected chi connectivity index (χ4v) is 4.38. The first kappa shape index (κ1) is 29.4. The van der Waals surface area contributed by atoms with Crippen molar-refractivity contribution in [1.29, 1.82) is 0 Å². The fraction of sp³-hybridized carbons (Fsp3) is 0.200. The van der Waals surface area contributed by atoms with Gasteiger partial charge in [0.2, 0.25) is 12.0 Å². The summed E-state index contributed by atoms with van der Waals surface area (Å²) in [5, 5.41) is 81.2. The zero-order valence-corrected chi connectivity index (χ0v) is 22.1. The molecule has 0 saturated carbocycles. The molecule has 0 spiro atoms. The molecular weight excluding hydrogens is 568 g/mol. The number of benzene rings is 3. The lowest BCUT2D eigenvalue weighted by atomic mass is 9.99. The molecule has 224 valence electrons. The van der Waals surface area contributed by atoms with Crippen molar-refractivity contribution in [3.05, 3.63) is 72.3 Å². The molecule has 43 heavy (non-hydrogen) atoms. The van der Waals surface area contributed by atoms with E-state index in [0.29, 0.717) is 5.56 Å².